The number of aromatic nitrogens is 3. The maximum Gasteiger partial charge on any atom is 0.524 e. The molecule has 0 spiro atoms. The van der Waals surface area contributed by atoms with Crippen LogP contribution in [0, 0.1) is 42.2 Å². The quantitative estimate of drug-likeness (QED) is 0.0362. The van der Waals surface area contributed by atoms with Gasteiger partial charge in [-0.1, -0.05) is 43.5 Å². The summed E-state index contributed by atoms with van der Waals surface area (Å²) < 4.78 is 219. The van der Waals surface area contributed by atoms with Crippen LogP contribution in [0.25, 0.3) is 22.0 Å². The van der Waals surface area contributed by atoms with Gasteiger partial charge >= 0.3 is 26.1 Å². The first-order valence-electron chi connectivity index (χ1n) is 25.4. The lowest BCUT2D eigenvalue weighted by Crippen LogP contribution is -2.40. The Morgan fingerprint density at radius 3 is 2.15 bits per heavy atom. The number of carbonyl (C=O) groups excluding carboxylic acids is 2. The zero-order valence-corrected chi connectivity index (χ0v) is 49.2. The summed E-state index contributed by atoms with van der Waals surface area (Å²) in [5, 5.41) is 15.0. The number of pyridine rings is 1. The molecule has 4 atom stereocenters. The second-order valence-electron chi connectivity index (χ2n) is 22.2. The minimum atomic E-state index is -5.45. The van der Waals surface area contributed by atoms with Gasteiger partial charge in [0, 0.05) is 52.3 Å². The standard InChI is InChI=1S/C54H50ClF10N6O12PS2/c1-25-14-27(19-41(74)75)44(38(15-25)83-84(76,77)78)50(2,3)23-40(73)71(86(7,81)82)49-43-35(55)11-10-32(47(43)70(69-49)24-52(58,59)60)31-9-8-30(12-13-51(4,5)85(6,79)80)66-46(31)37(18-26-16-28(56)20-29(57)17-26)67-39(72)22-36-45-42(48(68-36)54(63,64)65)33-21-34(33)53(45,61)62/h8-11,14-17,20,33-34,36-37H,18-19,21-24H2,1-7H3,(H,67,72)(H,74,75)(H2,76,77,78)/t33-,34+,36?,37-/m0/s1. The number of carboxylic acid groups (broad SMARTS) is 1. The number of aliphatic imine (C=N–C) groups is 1. The number of carboxylic acids is 1. The van der Waals surface area contributed by atoms with Gasteiger partial charge in [0.15, 0.2) is 15.7 Å². The van der Waals surface area contributed by atoms with E-state index in [0.717, 1.165) is 48.7 Å². The monoisotopic (exact) mass is 1290 g/mol. The number of sulfone groups is 1. The summed E-state index contributed by atoms with van der Waals surface area (Å²) in [6.07, 6.45) is -13.3. The average Bonchev–Trinajstić information content (AvgIpc) is 1.52. The van der Waals surface area contributed by atoms with Crippen molar-refractivity contribution in [3.63, 3.8) is 0 Å². The van der Waals surface area contributed by atoms with Crippen LogP contribution in [-0.2, 0) is 63.6 Å². The molecule has 3 aromatic carbocycles. The van der Waals surface area contributed by atoms with Crippen LogP contribution in [0.15, 0.2) is 70.7 Å². The van der Waals surface area contributed by atoms with Gasteiger partial charge < -0.3 is 14.9 Å². The van der Waals surface area contributed by atoms with Crippen LogP contribution in [0.5, 0.6) is 5.75 Å². The average molecular weight is 1300 g/mol. The number of carbonyl (C=O) groups is 3. The fourth-order valence-corrected chi connectivity index (χ4v) is 12.6. The number of halogens is 11. The molecule has 1 fully saturated rings. The fraction of sp³-hybridized carbons (Fsp3) is 0.407. The summed E-state index contributed by atoms with van der Waals surface area (Å²) in [5.41, 5.74) is -8.27. The first-order valence-corrected chi connectivity index (χ1v) is 31.1. The van der Waals surface area contributed by atoms with Crippen LogP contribution in [0.1, 0.15) is 86.6 Å². The second-order valence-corrected chi connectivity index (χ2v) is 28.2. The highest BCUT2D eigenvalue weighted by Gasteiger charge is 2.70. The van der Waals surface area contributed by atoms with E-state index in [1.165, 1.54) is 40.7 Å². The van der Waals surface area contributed by atoms with E-state index in [1.807, 2.05) is 0 Å². The third-order valence-electron chi connectivity index (χ3n) is 14.5. The summed E-state index contributed by atoms with van der Waals surface area (Å²) >= 11 is 6.78. The number of hydrogen-bond acceptors (Lipinski definition) is 12. The maximum absolute atomic E-state index is 15.8. The number of nitrogens with one attached hydrogen (secondary N) is 1. The molecule has 1 unspecified atom stereocenters. The van der Waals surface area contributed by atoms with Crippen LogP contribution in [-0.4, -0.2) is 112 Å². The number of anilines is 1. The predicted octanol–water partition coefficient (Wildman–Crippen LogP) is 9.59. The molecule has 8 rings (SSSR count). The molecule has 2 amide bonds. The molecule has 2 aliphatic carbocycles. The smallest absolute Gasteiger partial charge is 0.481 e. The topological polar surface area (TPSA) is 265 Å². The number of aliphatic carboxylic acids is 1. The molecule has 3 aliphatic rings. The van der Waals surface area contributed by atoms with Crippen molar-refractivity contribution in [3.8, 4) is 28.7 Å². The molecular weight excluding hydrogens is 1250 g/mol. The van der Waals surface area contributed by atoms with Crippen LogP contribution in [0.3, 0.4) is 0 Å². The van der Waals surface area contributed by atoms with E-state index in [4.69, 9.17) is 16.1 Å². The lowest BCUT2D eigenvalue weighted by molar-refractivity contribution is -0.142. The highest BCUT2D eigenvalue weighted by molar-refractivity contribution is 7.93. The molecule has 1 aliphatic heterocycles. The maximum atomic E-state index is 15.8. The SMILES string of the molecule is Cc1cc(CC(=O)O)c(C(C)(C)CC(=O)N(c2nn(CC(F)(F)F)c3c(-c4ccc(C#CC(C)(C)S(C)(=O)=O)nc4[C@H](Cc4cc(F)cc(F)c4)NC(=O)CC4N=C(C(F)(F)F)C5=C4C(F)(F)[C@@H]4C[C@H]54)ccc(Cl)c23)S(C)(=O)=O)c(OP(=O)(O)O)c1. The summed E-state index contributed by atoms with van der Waals surface area (Å²) in [6.45, 7) is 4.22. The van der Waals surface area contributed by atoms with E-state index >= 15 is 8.78 Å². The van der Waals surface area contributed by atoms with Gasteiger partial charge in [-0.2, -0.15) is 35.7 Å². The molecule has 2 aromatic heterocycles. The van der Waals surface area contributed by atoms with Crippen LogP contribution < -0.4 is 14.1 Å². The molecule has 462 valence electrons. The number of phosphoric ester groups is 1. The Labute approximate surface area is 488 Å². The minimum Gasteiger partial charge on any atom is -0.481 e. The van der Waals surface area contributed by atoms with Crippen molar-refractivity contribution in [1.82, 2.24) is 20.1 Å². The van der Waals surface area contributed by atoms with Crippen molar-refractivity contribution in [2.45, 2.75) is 114 Å². The molecule has 18 nitrogen and oxygen atoms in total. The first-order chi connectivity index (χ1) is 39.3. The lowest BCUT2D eigenvalue weighted by Gasteiger charge is -2.31. The molecule has 4 N–H and O–H groups in total. The molecule has 86 heavy (non-hydrogen) atoms. The van der Waals surface area contributed by atoms with Crippen molar-refractivity contribution in [1.29, 1.82) is 0 Å². The van der Waals surface area contributed by atoms with E-state index in [2.05, 4.69) is 32.2 Å². The minimum absolute atomic E-state index is 0.0228. The largest absolute Gasteiger partial charge is 0.524 e. The van der Waals surface area contributed by atoms with Crippen molar-refractivity contribution < 1.29 is 99.1 Å². The zero-order valence-electron chi connectivity index (χ0n) is 45.9. The Hall–Kier alpha value is -6.90. The van der Waals surface area contributed by atoms with E-state index in [1.54, 1.807) is 0 Å². The fourth-order valence-electron chi connectivity index (χ4n) is 10.8. The summed E-state index contributed by atoms with van der Waals surface area (Å²) in [7, 11) is -14.5. The van der Waals surface area contributed by atoms with Gasteiger partial charge in [0.25, 0.3) is 5.92 Å². The first kappa shape index (κ1) is 65.1. The third kappa shape index (κ3) is 13.6. The van der Waals surface area contributed by atoms with Gasteiger partial charge in [0.2, 0.25) is 21.8 Å². The number of fused-ring (bicyclic) bond motifs is 3. The number of aryl methyl sites for hydroxylation is 1. The molecule has 1 saturated carbocycles. The molecule has 0 bridgehead atoms. The van der Waals surface area contributed by atoms with E-state index < -0.39 is 197 Å². The number of hydrogen-bond donors (Lipinski definition) is 4. The number of amides is 2. The Kier molecular flexibility index (Phi) is 16.9. The summed E-state index contributed by atoms with van der Waals surface area (Å²) in [5.74, 6) is -9.83. The number of benzene rings is 3. The van der Waals surface area contributed by atoms with Crippen molar-refractivity contribution >= 4 is 79.5 Å². The van der Waals surface area contributed by atoms with Gasteiger partial charge in [-0.15, -0.1) is 0 Å². The van der Waals surface area contributed by atoms with E-state index in [9.17, 15) is 85.8 Å². The number of phosphoric acid groups is 1. The molecule has 5 aromatic rings. The number of alkyl halides is 8. The van der Waals surface area contributed by atoms with Gasteiger partial charge in [-0.25, -0.2) is 43.9 Å². The number of sulfonamides is 1. The highest BCUT2D eigenvalue weighted by atomic mass is 35.5. The zero-order chi connectivity index (χ0) is 64.1. The Morgan fingerprint density at radius 2 is 1.58 bits per heavy atom. The predicted molar refractivity (Wildman–Crippen MR) is 291 cm³/mol. The normalized spacial score (nSPS) is 18.2. The van der Waals surface area contributed by atoms with Gasteiger partial charge in [0.1, 0.15) is 40.1 Å². The van der Waals surface area contributed by atoms with Crippen LogP contribution in [0.4, 0.5) is 49.7 Å². The summed E-state index contributed by atoms with van der Waals surface area (Å²) in [4.78, 5) is 69.1. The number of allylic oxidation sites excluding steroid dienone is 1. The van der Waals surface area contributed by atoms with E-state index in [-0.39, 0.29) is 48.9 Å². The third-order valence-corrected chi connectivity index (χ3v) is 18.3. The second kappa shape index (κ2) is 22.4. The highest BCUT2D eigenvalue weighted by Crippen LogP contribution is 2.66. The molecule has 3 heterocycles. The van der Waals surface area contributed by atoms with Crippen molar-refractivity contribution in [2.75, 3.05) is 16.8 Å². The Bertz CT molecular complexity index is 4100. The Morgan fingerprint density at radius 1 is 0.953 bits per heavy atom. The van der Waals surface area contributed by atoms with E-state index in [0.29, 0.717) is 12.3 Å². The van der Waals surface area contributed by atoms with Crippen molar-refractivity contribution in [2.24, 2.45) is 16.8 Å². The van der Waals surface area contributed by atoms with Gasteiger partial charge in [-0.05, 0) is 104 Å². The van der Waals surface area contributed by atoms with Crippen LogP contribution >= 0.6 is 19.4 Å². The number of rotatable bonds is 18. The number of nitrogens with zero attached hydrogens (tertiary/aromatic N) is 5. The van der Waals surface area contributed by atoms with Gasteiger partial charge in [-0.3, -0.25) is 33.8 Å². The van der Waals surface area contributed by atoms with Crippen LogP contribution in [0.2, 0.25) is 5.02 Å². The molecule has 0 radical (unpaired) electrons. The molecular formula is C54H50ClF10N6O12PS2. The lowest BCUT2D eigenvalue weighted by atomic mass is 9.77. The summed E-state index contributed by atoms with van der Waals surface area (Å²) in [6, 6.07) is 4.70. The van der Waals surface area contributed by atoms with Crippen molar-refractivity contribution in [3.05, 3.63) is 116 Å². The molecule has 32 heteroatoms. The van der Waals surface area contributed by atoms with Gasteiger partial charge in [0.05, 0.1) is 52.8 Å². The molecule has 0 saturated heterocycles. The Balaban J connectivity index is 1.35.